The highest BCUT2D eigenvalue weighted by Gasteiger charge is 2.19. The molecule has 0 aliphatic heterocycles. The van der Waals surface area contributed by atoms with Crippen LogP contribution in [0.15, 0.2) is 200 Å². The number of anilines is 3. The van der Waals surface area contributed by atoms with Crippen molar-refractivity contribution in [2.45, 2.75) is 0 Å². The molecular weight excluding hydrogens is 567 g/mol. The van der Waals surface area contributed by atoms with Gasteiger partial charge in [-0.15, -0.1) is 0 Å². The molecule has 8 aromatic carbocycles. The van der Waals surface area contributed by atoms with Gasteiger partial charge in [-0.2, -0.15) is 0 Å². The van der Waals surface area contributed by atoms with Crippen molar-refractivity contribution in [1.82, 2.24) is 0 Å². The second-order valence-corrected chi connectivity index (χ2v) is 11.8. The molecule has 1 nitrogen and oxygen atoms in total. The van der Waals surface area contributed by atoms with Gasteiger partial charge < -0.3 is 4.90 Å². The lowest BCUT2D eigenvalue weighted by atomic mass is 9.94. The van der Waals surface area contributed by atoms with Crippen molar-refractivity contribution in [3.63, 3.8) is 0 Å². The third-order valence-electron chi connectivity index (χ3n) is 8.87. The van der Waals surface area contributed by atoms with Crippen LogP contribution in [0.2, 0.25) is 0 Å². The lowest BCUT2D eigenvalue weighted by Gasteiger charge is -2.29. The molecule has 0 fully saturated rings. The molecule has 0 bridgehead atoms. The van der Waals surface area contributed by atoms with Gasteiger partial charge in [-0.3, -0.25) is 0 Å². The van der Waals surface area contributed by atoms with Crippen molar-refractivity contribution in [3.8, 4) is 44.5 Å². The number of nitrogens with zero attached hydrogens (tertiary/aromatic N) is 1. The van der Waals surface area contributed by atoms with E-state index in [-0.39, 0.29) is 0 Å². The van der Waals surface area contributed by atoms with Crippen molar-refractivity contribution in [3.05, 3.63) is 200 Å². The molecule has 0 unspecified atom stereocenters. The number of hydrogen-bond donors (Lipinski definition) is 0. The fourth-order valence-electron chi connectivity index (χ4n) is 6.54. The Morgan fingerprint density at radius 1 is 0.277 bits per heavy atom. The van der Waals surface area contributed by atoms with E-state index in [4.69, 9.17) is 0 Å². The Labute approximate surface area is 276 Å². The average Bonchev–Trinajstić information content (AvgIpc) is 3.16. The summed E-state index contributed by atoms with van der Waals surface area (Å²) in [4.78, 5) is 2.39. The van der Waals surface area contributed by atoms with Gasteiger partial charge in [-0.25, -0.2) is 0 Å². The predicted molar refractivity (Wildman–Crippen MR) is 200 cm³/mol. The lowest BCUT2D eigenvalue weighted by molar-refractivity contribution is 1.28. The molecule has 0 N–H and O–H groups in total. The molecule has 1 heteroatoms. The summed E-state index contributed by atoms with van der Waals surface area (Å²) in [5.41, 5.74) is 12.9. The maximum Gasteiger partial charge on any atom is 0.0546 e. The van der Waals surface area contributed by atoms with E-state index in [9.17, 15) is 0 Å². The van der Waals surface area contributed by atoms with Gasteiger partial charge in [0.2, 0.25) is 0 Å². The Hall–Kier alpha value is -6.18. The number of rotatable bonds is 7. The van der Waals surface area contributed by atoms with Gasteiger partial charge in [0.25, 0.3) is 0 Å². The first-order valence-corrected chi connectivity index (χ1v) is 16.1. The molecular formula is C46H33N. The fourth-order valence-corrected chi connectivity index (χ4v) is 6.54. The summed E-state index contributed by atoms with van der Waals surface area (Å²) in [6.07, 6.45) is 0. The van der Waals surface area contributed by atoms with Crippen molar-refractivity contribution in [2.75, 3.05) is 4.90 Å². The number of para-hydroxylation sites is 1. The van der Waals surface area contributed by atoms with Crippen molar-refractivity contribution in [2.24, 2.45) is 0 Å². The van der Waals surface area contributed by atoms with E-state index < -0.39 is 0 Å². The van der Waals surface area contributed by atoms with Crippen molar-refractivity contribution >= 4 is 27.8 Å². The first-order valence-electron chi connectivity index (χ1n) is 16.1. The minimum Gasteiger partial charge on any atom is -0.310 e. The van der Waals surface area contributed by atoms with E-state index in [0.717, 1.165) is 17.1 Å². The summed E-state index contributed by atoms with van der Waals surface area (Å²) in [7, 11) is 0. The zero-order valence-corrected chi connectivity index (χ0v) is 26.0. The van der Waals surface area contributed by atoms with Gasteiger partial charge in [0.15, 0.2) is 0 Å². The number of fused-ring (bicyclic) bond motifs is 1. The summed E-state index contributed by atoms with van der Waals surface area (Å²) in [6.45, 7) is 0. The van der Waals surface area contributed by atoms with E-state index in [0.29, 0.717) is 0 Å². The summed E-state index contributed by atoms with van der Waals surface area (Å²) >= 11 is 0. The Kier molecular flexibility index (Phi) is 7.63. The first kappa shape index (κ1) is 28.3. The number of benzene rings is 8. The molecule has 0 aliphatic rings. The Morgan fingerprint density at radius 2 is 0.787 bits per heavy atom. The SMILES string of the molecule is c1ccc(-c2cccc(-c3ccc(N(c4ccccc4)c4cc(-c5cccc6ccccc56)ccc4-c4ccccc4)cc3)c2)cc1. The van der Waals surface area contributed by atoms with E-state index in [1.54, 1.807) is 0 Å². The van der Waals surface area contributed by atoms with Gasteiger partial charge in [-0.05, 0) is 86.1 Å². The molecule has 0 saturated carbocycles. The maximum atomic E-state index is 2.39. The third kappa shape index (κ3) is 5.72. The van der Waals surface area contributed by atoms with Crippen LogP contribution in [-0.4, -0.2) is 0 Å². The molecule has 0 spiro atoms. The minimum atomic E-state index is 1.10. The second kappa shape index (κ2) is 12.7. The quantitative estimate of drug-likeness (QED) is 0.176. The Balaban J connectivity index is 1.28. The smallest absolute Gasteiger partial charge is 0.0546 e. The third-order valence-corrected chi connectivity index (χ3v) is 8.87. The molecule has 47 heavy (non-hydrogen) atoms. The minimum absolute atomic E-state index is 1.10. The van der Waals surface area contributed by atoms with Crippen molar-refractivity contribution < 1.29 is 0 Å². The molecule has 0 atom stereocenters. The molecule has 8 rings (SSSR count). The van der Waals surface area contributed by atoms with Gasteiger partial charge in [0.1, 0.15) is 0 Å². The fraction of sp³-hybridized carbons (Fsp3) is 0. The maximum absolute atomic E-state index is 2.39. The topological polar surface area (TPSA) is 3.24 Å². The second-order valence-electron chi connectivity index (χ2n) is 11.8. The lowest BCUT2D eigenvalue weighted by Crippen LogP contribution is -2.11. The van der Waals surface area contributed by atoms with Crippen LogP contribution in [0.5, 0.6) is 0 Å². The highest BCUT2D eigenvalue weighted by molar-refractivity contribution is 5.99. The molecule has 0 aliphatic carbocycles. The average molecular weight is 600 g/mol. The van der Waals surface area contributed by atoms with Crippen LogP contribution in [0.4, 0.5) is 17.1 Å². The van der Waals surface area contributed by atoms with Crippen LogP contribution in [0.3, 0.4) is 0 Å². The summed E-state index contributed by atoms with van der Waals surface area (Å²) in [5, 5.41) is 2.49. The zero-order chi connectivity index (χ0) is 31.4. The normalized spacial score (nSPS) is 11.0. The molecule has 0 radical (unpaired) electrons. The Bertz CT molecular complexity index is 2270. The first-order chi connectivity index (χ1) is 23.3. The number of hydrogen-bond acceptors (Lipinski definition) is 1. The van der Waals surface area contributed by atoms with Crippen LogP contribution in [0, 0.1) is 0 Å². The highest BCUT2D eigenvalue weighted by Crippen LogP contribution is 2.44. The summed E-state index contributed by atoms with van der Waals surface area (Å²) < 4.78 is 0. The Morgan fingerprint density at radius 3 is 1.51 bits per heavy atom. The van der Waals surface area contributed by atoms with E-state index in [1.807, 2.05) is 0 Å². The van der Waals surface area contributed by atoms with Gasteiger partial charge in [-0.1, -0.05) is 164 Å². The monoisotopic (exact) mass is 599 g/mol. The largest absolute Gasteiger partial charge is 0.310 e. The molecule has 222 valence electrons. The van der Waals surface area contributed by atoms with Crippen LogP contribution < -0.4 is 4.90 Å². The standard InChI is InChI=1S/C46H33N/c1-4-14-34(15-5-1)38-20-12-21-39(32-38)35-26-29-42(30-27-35)47(41-22-8-3-9-23-41)46-33-40(28-31-45(46)37-16-6-2-7-17-37)44-25-13-19-36-18-10-11-24-43(36)44/h1-33H. The highest BCUT2D eigenvalue weighted by atomic mass is 15.1. The van der Waals surface area contributed by atoms with Crippen LogP contribution in [-0.2, 0) is 0 Å². The molecule has 0 saturated heterocycles. The molecule has 8 aromatic rings. The van der Waals surface area contributed by atoms with E-state index in [2.05, 4.69) is 205 Å². The summed E-state index contributed by atoms with van der Waals surface area (Å²) in [5.74, 6) is 0. The molecule has 0 amide bonds. The van der Waals surface area contributed by atoms with Crippen LogP contribution in [0.25, 0.3) is 55.3 Å². The van der Waals surface area contributed by atoms with E-state index >= 15 is 0 Å². The zero-order valence-electron chi connectivity index (χ0n) is 26.0. The predicted octanol–water partition coefficient (Wildman–Crippen LogP) is 13.0. The molecule has 0 heterocycles. The van der Waals surface area contributed by atoms with E-state index in [1.165, 1.54) is 55.3 Å². The van der Waals surface area contributed by atoms with Crippen LogP contribution in [0.1, 0.15) is 0 Å². The summed E-state index contributed by atoms with van der Waals surface area (Å²) in [6, 6.07) is 71.8. The molecule has 0 aromatic heterocycles. The van der Waals surface area contributed by atoms with Gasteiger partial charge >= 0.3 is 0 Å². The van der Waals surface area contributed by atoms with Gasteiger partial charge in [0, 0.05) is 16.9 Å². The van der Waals surface area contributed by atoms with Crippen molar-refractivity contribution in [1.29, 1.82) is 0 Å². The van der Waals surface area contributed by atoms with Gasteiger partial charge in [0.05, 0.1) is 5.69 Å². The van der Waals surface area contributed by atoms with Crippen LogP contribution >= 0.6 is 0 Å².